The summed E-state index contributed by atoms with van der Waals surface area (Å²) >= 11 is 1.58. The van der Waals surface area contributed by atoms with E-state index in [0.29, 0.717) is 6.42 Å². The molecule has 0 heterocycles. The molecule has 17 heavy (non-hydrogen) atoms. The predicted molar refractivity (Wildman–Crippen MR) is 69.4 cm³/mol. The molecule has 1 aromatic rings. The summed E-state index contributed by atoms with van der Waals surface area (Å²) in [5, 5.41) is 12.3. The number of thioether (sulfide) groups is 1. The highest BCUT2D eigenvalue weighted by Gasteiger charge is 2.24. The Balaban J connectivity index is 2.62. The van der Waals surface area contributed by atoms with Gasteiger partial charge in [-0.2, -0.15) is 5.26 Å². The Morgan fingerprint density at radius 3 is 2.82 bits per heavy atom. The lowest BCUT2D eigenvalue weighted by Crippen LogP contribution is -2.40. The zero-order valence-electron chi connectivity index (χ0n) is 10.3. The molecule has 0 saturated carbocycles. The number of rotatable bonds is 5. The van der Waals surface area contributed by atoms with E-state index in [1.54, 1.807) is 24.9 Å². The van der Waals surface area contributed by atoms with Gasteiger partial charge in [-0.25, -0.2) is 4.39 Å². The van der Waals surface area contributed by atoms with E-state index in [1.165, 1.54) is 12.1 Å². The summed E-state index contributed by atoms with van der Waals surface area (Å²) in [5.74, 6) is -0.223. The van der Waals surface area contributed by atoms with Crippen molar-refractivity contribution < 1.29 is 4.39 Å². The molecule has 2 atom stereocenters. The number of hydrogen-bond donors (Lipinski definition) is 1. The van der Waals surface area contributed by atoms with Gasteiger partial charge in [0.2, 0.25) is 0 Å². The number of nitrogens with one attached hydrogen (secondary N) is 1. The van der Waals surface area contributed by atoms with Gasteiger partial charge in [0.05, 0.1) is 6.07 Å². The topological polar surface area (TPSA) is 35.8 Å². The van der Waals surface area contributed by atoms with Gasteiger partial charge in [-0.3, -0.25) is 0 Å². The lowest BCUT2D eigenvalue weighted by atomic mass is 9.98. The number of halogens is 1. The minimum Gasteiger partial charge on any atom is -0.303 e. The summed E-state index contributed by atoms with van der Waals surface area (Å²) < 4.78 is 13.0. The molecule has 0 radical (unpaired) electrons. The first kappa shape index (κ1) is 14.0. The summed E-state index contributed by atoms with van der Waals surface area (Å²) in [6.45, 7) is 3.91. The first-order valence-corrected chi connectivity index (χ1v) is 6.39. The molecular formula is C13H17FN2S. The Morgan fingerprint density at radius 2 is 2.29 bits per heavy atom. The monoisotopic (exact) mass is 252 g/mol. The van der Waals surface area contributed by atoms with E-state index in [0.717, 1.165) is 4.90 Å². The maximum absolute atomic E-state index is 13.0. The number of benzene rings is 1. The third kappa shape index (κ3) is 4.37. The van der Waals surface area contributed by atoms with E-state index in [4.69, 9.17) is 5.26 Å². The fourth-order valence-corrected chi connectivity index (χ4v) is 2.81. The van der Waals surface area contributed by atoms with Crippen molar-refractivity contribution in [2.24, 2.45) is 0 Å². The van der Waals surface area contributed by atoms with Crippen molar-refractivity contribution in [1.29, 1.82) is 5.26 Å². The molecule has 92 valence electrons. The van der Waals surface area contributed by atoms with Crippen LogP contribution in [-0.4, -0.2) is 17.8 Å². The zero-order valence-corrected chi connectivity index (χ0v) is 11.1. The molecule has 0 fully saturated rings. The van der Waals surface area contributed by atoms with E-state index in [9.17, 15) is 4.39 Å². The quantitative estimate of drug-likeness (QED) is 0.817. The van der Waals surface area contributed by atoms with Crippen LogP contribution in [-0.2, 0) is 0 Å². The van der Waals surface area contributed by atoms with Gasteiger partial charge in [0.25, 0.3) is 0 Å². The zero-order chi connectivity index (χ0) is 12.9. The third-order valence-corrected chi connectivity index (χ3v) is 3.72. The van der Waals surface area contributed by atoms with Gasteiger partial charge in [-0.1, -0.05) is 13.0 Å². The van der Waals surface area contributed by atoms with E-state index < -0.39 is 5.54 Å². The van der Waals surface area contributed by atoms with Gasteiger partial charge in [0.1, 0.15) is 11.4 Å². The van der Waals surface area contributed by atoms with Gasteiger partial charge >= 0.3 is 0 Å². The second-order valence-corrected chi connectivity index (χ2v) is 5.80. The minimum atomic E-state index is -0.528. The second-order valence-electron chi connectivity index (χ2n) is 4.28. The fourth-order valence-electron chi connectivity index (χ4n) is 1.59. The number of hydrogen-bond acceptors (Lipinski definition) is 3. The van der Waals surface area contributed by atoms with Crippen LogP contribution < -0.4 is 5.32 Å². The van der Waals surface area contributed by atoms with Crippen LogP contribution in [0.2, 0.25) is 0 Å². The van der Waals surface area contributed by atoms with Crippen molar-refractivity contribution in [3.8, 4) is 6.07 Å². The molecule has 4 heteroatoms. The molecule has 1 aromatic carbocycles. The normalized spacial score (nSPS) is 15.9. The average Bonchev–Trinajstić information content (AvgIpc) is 2.28. The summed E-state index contributed by atoms with van der Waals surface area (Å²) in [6.07, 6.45) is 0.710. The molecule has 1 rings (SSSR count). The molecule has 0 saturated heterocycles. The van der Waals surface area contributed by atoms with Crippen LogP contribution in [0.3, 0.4) is 0 Å². The van der Waals surface area contributed by atoms with Crippen LogP contribution in [0.1, 0.15) is 20.3 Å². The number of nitrogens with zero attached hydrogens (tertiary/aromatic N) is 1. The molecule has 0 bridgehead atoms. The summed E-state index contributed by atoms with van der Waals surface area (Å²) in [5.41, 5.74) is -0.528. The lowest BCUT2D eigenvalue weighted by molar-refractivity contribution is 0.455. The van der Waals surface area contributed by atoms with Crippen molar-refractivity contribution >= 4 is 11.8 Å². The van der Waals surface area contributed by atoms with Gasteiger partial charge in [0.15, 0.2) is 0 Å². The molecule has 0 aromatic heterocycles. The molecule has 0 spiro atoms. The SMILES string of the molecule is CNC(C)(C#N)CC(C)Sc1cccc(F)c1. The molecule has 0 amide bonds. The maximum atomic E-state index is 13.0. The average molecular weight is 252 g/mol. The Labute approximate surface area is 106 Å². The largest absolute Gasteiger partial charge is 0.303 e. The summed E-state index contributed by atoms with van der Waals surface area (Å²) in [4.78, 5) is 0.897. The van der Waals surface area contributed by atoms with Gasteiger partial charge < -0.3 is 5.32 Å². The van der Waals surface area contributed by atoms with Crippen molar-refractivity contribution in [3.05, 3.63) is 30.1 Å². The number of nitriles is 1. The van der Waals surface area contributed by atoms with Gasteiger partial charge in [0, 0.05) is 10.1 Å². The minimum absolute atomic E-state index is 0.223. The van der Waals surface area contributed by atoms with Crippen LogP contribution in [0.25, 0.3) is 0 Å². The predicted octanol–water partition coefficient (Wildman–Crippen LogP) is 3.20. The Morgan fingerprint density at radius 1 is 1.59 bits per heavy atom. The van der Waals surface area contributed by atoms with Crippen molar-refractivity contribution in [1.82, 2.24) is 5.32 Å². The molecule has 2 nitrogen and oxygen atoms in total. The van der Waals surface area contributed by atoms with Gasteiger partial charge in [-0.15, -0.1) is 11.8 Å². The highest BCUT2D eigenvalue weighted by Crippen LogP contribution is 2.28. The maximum Gasteiger partial charge on any atom is 0.124 e. The first-order valence-electron chi connectivity index (χ1n) is 5.51. The van der Waals surface area contributed by atoms with Gasteiger partial charge in [-0.05, 0) is 38.6 Å². The first-order chi connectivity index (χ1) is 7.99. The molecule has 0 aliphatic rings. The Bertz CT molecular complexity index is 416. The fraction of sp³-hybridized carbons (Fsp3) is 0.462. The molecule has 1 N–H and O–H groups in total. The smallest absolute Gasteiger partial charge is 0.124 e. The van der Waals surface area contributed by atoms with E-state index >= 15 is 0 Å². The Kier molecular flexibility index (Phi) is 4.98. The second kappa shape index (κ2) is 6.04. The standard InChI is InChI=1S/C13H17FN2S/c1-10(8-13(2,9-15)16-3)17-12-6-4-5-11(14)7-12/h4-7,10,16H,8H2,1-3H3. The molecule has 2 unspecified atom stereocenters. The van der Waals surface area contributed by atoms with E-state index in [1.807, 2.05) is 19.9 Å². The molecule has 0 aliphatic heterocycles. The van der Waals surface area contributed by atoms with Crippen LogP contribution in [0.15, 0.2) is 29.2 Å². The Hall–Kier alpha value is -1.05. The van der Waals surface area contributed by atoms with Crippen molar-refractivity contribution in [2.45, 2.75) is 36.0 Å². The lowest BCUT2D eigenvalue weighted by Gasteiger charge is -2.24. The summed E-state index contributed by atoms with van der Waals surface area (Å²) in [7, 11) is 1.78. The molecular weight excluding hydrogens is 235 g/mol. The van der Waals surface area contributed by atoms with Crippen molar-refractivity contribution in [3.63, 3.8) is 0 Å². The van der Waals surface area contributed by atoms with Crippen LogP contribution in [0, 0.1) is 17.1 Å². The highest BCUT2D eigenvalue weighted by molar-refractivity contribution is 7.99. The summed E-state index contributed by atoms with van der Waals surface area (Å²) in [6, 6.07) is 8.79. The van der Waals surface area contributed by atoms with Crippen LogP contribution >= 0.6 is 11.8 Å². The molecule has 0 aliphatic carbocycles. The highest BCUT2D eigenvalue weighted by atomic mass is 32.2. The van der Waals surface area contributed by atoms with Crippen molar-refractivity contribution in [2.75, 3.05) is 7.05 Å². The third-order valence-electron chi connectivity index (χ3n) is 2.63. The van der Waals surface area contributed by atoms with Crippen LogP contribution in [0.4, 0.5) is 4.39 Å². The van der Waals surface area contributed by atoms with E-state index in [-0.39, 0.29) is 11.1 Å². The van der Waals surface area contributed by atoms with Crippen LogP contribution in [0.5, 0.6) is 0 Å². The van der Waals surface area contributed by atoms with E-state index in [2.05, 4.69) is 11.4 Å².